The van der Waals surface area contributed by atoms with Crippen LogP contribution in [0.15, 0.2) is 4.52 Å². The van der Waals surface area contributed by atoms with Gasteiger partial charge in [-0.25, -0.2) is 4.79 Å². The van der Waals surface area contributed by atoms with Crippen LogP contribution in [0.4, 0.5) is 4.79 Å². The van der Waals surface area contributed by atoms with Gasteiger partial charge in [-0.3, -0.25) is 4.79 Å². The van der Waals surface area contributed by atoms with Gasteiger partial charge < -0.3 is 19.9 Å². The molecule has 2 rings (SSSR count). The van der Waals surface area contributed by atoms with Gasteiger partial charge in [-0.2, -0.15) is 4.98 Å². The molecule has 0 bridgehead atoms. The molecule has 0 saturated heterocycles. The first-order valence-corrected chi connectivity index (χ1v) is 8.74. The largest absolute Gasteiger partial charge is 0.444 e. The van der Waals surface area contributed by atoms with Gasteiger partial charge in [-0.05, 0) is 40.5 Å². The standard InChI is InChI=1S/C17H28N4O4/c1-11(18-15(23)24-16(3,4)5)13(22)20-17(9-7-6-8-10-17)14-19-12(2)25-21-14/h11H,6-10H2,1-5H3,(H,18,23)(H,20,22)/t11-/m0/s1. The number of alkyl carbamates (subject to hydrolysis) is 1. The minimum absolute atomic E-state index is 0.296. The number of aryl methyl sites for hydroxylation is 1. The molecule has 1 aromatic heterocycles. The smallest absolute Gasteiger partial charge is 0.408 e. The Bertz CT molecular complexity index is 614. The molecule has 1 aromatic rings. The molecule has 1 saturated carbocycles. The Morgan fingerprint density at radius 1 is 1.24 bits per heavy atom. The highest BCUT2D eigenvalue weighted by molar-refractivity contribution is 5.85. The lowest BCUT2D eigenvalue weighted by Gasteiger charge is -2.36. The lowest BCUT2D eigenvalue weighted by Crippen LogP contribution is -2.54. The summed E-state index contributed by atoms with van der Waals surface area (Å²) in [5, 5.41) is 9.62. The number of nitrogens with zero attached hydrogens (tertiary/aromatic N) is 2. The molecule has 0 spiro atoms. The van der Waals surface area contributed by atoms with Crippen molar-refractivity contribution in [3.05, 3.63) is 11.7 Å². The van der Waals surface area contributed by atoms with Crippen LogP contribution in [0.25, 0.3) is 0 Å². The van der Waals surface area contributed by atoms with E-state index >= 15 is 0 Å². The van der Waals surface area contributed by atoms with Gasteiger partial charge in [0, 0.05) is 6.92 Å². The molecule has 1 aliphatic carbocycles. The maximum absolute atomic E-state index is 12.6. The average Bonchev–Trinajstić information content (AvgIpc) is 2.93. The van der Waals surface area contributed by atoms with Gasteiger partial charge in [-0.15, -0.1) is 0 Å². The molecule has 2 amide bonds. The van der Waals surface area contributed by atoms with Crippen LogP contribution in [0.1, 0.15) is 71.5 Å². The maximum atomic E-state index is 12.6. The summed E-state index contributed by atoms with van der Waals surface area (Å²) in [7, 11) is 0. The number of nitrogens with one attached hydrogen (secondary N) is 2. The molecule has 1 atom stereocenters. The van der Waals surface area contributed by atoms with E-state index < -0.39 is 23.3 Å². The summed E-state index contributed by atoms with van der Waals surface area (Å²) >= 11 is 0. The monoisotopic (exact) mass is 352 g/mol. The summed E-state index contributed by atoms with van der Waals surface area (Å²) in [6, 6.07) is -0.735. The third-order valence-corrected chi connectivity index (χ3v) is 4.15. The molecule has 2 N–H and O–H groups in total. The normalized spacial score (nSPS) is 18.3. The quantitative estimate of drug-likeness (QED) is 0.862. The van der Waals surface area contributed by atoms with E-state index in [1.54, 1.807) is 34.6 Å². The van der Waals surface area contributed by atoms with E-state index in [2.05, 4.69) is 20.8 Å². The summed E-state index contributed by atoms with van der Waals surface area (Å²) in [6.45, 7) is 8.66. The Morgan fingerprint density at radius 3 is 2.40 bits per heavy atom. The van der Waals surface area contributed by atoms with E-state index in [0.717, 1.165) is 32.1 Å². The first-order chi connectivity index (χ1) is 11.6. The number of carbonyl (C=O) groups excluding carboxylic acids is 2. The molecule has 8 heteroatoms. The Kier molecular flexibility index (Phi) is 5.69. The first-order valence-electron chi connectivity index (χ1n) is 8.74. The van der Waals surface area contributed by atoms with Crippen LogP contribution >= 0.6 is 0 Å². The van der Waals surface area contributed by atoms with Crippen molar-refractivity contribution in [2.24, 2.45) is 0 Å². The third kappa shape index (κ3) is 5.17. The second-order valence-electron chi connectivity index (χ2n) is 7.64. The second kappa shape index (κ2) is 7.41. The fraction of sp³-hybridized carbons (Fsp3) is 0.765. The predicted octanol–water partition coefficient (Wildman–Crippen LogP) is 2.57. The molecule has 1 aliphatic rings. The van der Waals surface area contributed by atoms with Crippen molar-refractivity contribution >= 4 is 12.0 Å². The zero-order valence-electron chi connectivity index (χ0n) is 15.6. The van der Waals surface area contributed by atoms with Crippen LogP contribution in [-0.4, -0.2) is 33.8 Å². The van der Waals surface area contributed by atoms with Gasteiger partial charge in [-0.1, -0.05) is 24.4 Å². The fourth-order valence-corrected chi connectivity index (χ4v) is 2.95. The van der Waals surface area contributed by atoms with Crippen molar-refractivity contribution in [1.29, 1.82) is 0 Å². The highest BCUT2D eigenvalue weighted by Crippen LogP contribution is 2.35. The zero-order chi connectivity index (χ0) is 18.7. The fourth-order valence-electron chi connectivity index (χ4n) is 2.95. The van der Waals surface area contributed by atoms with Crippen molar-refractivity contribution in [1.82, 2.24) is 20.8 Å². The molecule has 0 aliphatic heterocycles. The predicted molar refractivity (Wildman–Crippen MR) is 90.8 cm³/mol. The lowest BCUT2D eigenvalue weighted by molar-refractivity contribution is -0.125. The van der Waals surface area contributed by atoms with E-state index in [0.29, 0.717) is 11.7 Å². The second-order valence-corrected chi connectivity index (χ2v) is 7.64. The summed E-state index contributed by atoms with van der Waals surface area (Å²) in [6.07, 6.45) is 3.93. The van der Waals surface area contributed by atoms with E-state index in [1.165, 1.54) is 0 Å². The summed E-state index contributed by atoms with van der Waals surface area (Å²) in [5.41, 5.74) is -1.26. The van der Waals surface area contributed by atoms with Gasteiger partial charge in [0.15, 0.2) is 5.82 Å². The van der Waals surface area contributed by atoms with Crippen LogP contribution in [0.2, 0.25) is 0 Å². The van der Waals surface area contributed by atoms with E-state index in [4.69, 9.17) is 9.26 Å². The molecule has 0 radical (unpaired) electrons. The molecule has 140 valence electrons. The number of ether oxygens (including phenoxy) is 1. The van der Waals surface area contributed by atoms with E-state index in [-0.39, 0.29) is 5.91 Å². The van der Waals surface area contributed by atoms with Crippen LogP contribution in [0, 0.1) is 6.92 Å². The number of hydrogen-bond acceptors (Lipinski definition) is 6. The number of aromatic nitrogens is 2. The van der Waals surface area contributed by atoms with Crippen molar-refractivity contribution in [2.75, 3.05) is 0 Å². The summed E-state index contributed by atoms with van der Waals surface area (Å²) < 4.78 is 10.3. The summed E-state index contributed by atoms with van der Waals surface area (Å²) in [4.78, 5) is 28.8. The minimum Gasteiger partial charge on any atom is -0.444 e. The number of rotatable bonds is 4. The van der Waals surface area contributed by atoms with Crippen molar-refractivity contribution in [3.8, 4) is 0 Å². The van der Waals surface area contributed by atoms with Gasteiger partial charge in [0.1, 0.15) is 17.2 Å². The highest BCUT2D eigenvalue weighted by atomic mass is 16.6. The molecular formula is C17H28N4O4. The molecular weight excluding hydrogens is 324 g/mol. The van der Waals surface area contributed by atoms with Crippen molar-refractivity contribution in [2.45, 2.75) is 83.9 Å². The van der Waals surface area contributed by atoms with E-state index in [1.807, 2.05) is 0 Å². The molecule has 1 heterocycles. The number of hydrogen-bond donors (Lipinski definition) is 2. The van der Waals surface area contributed by atoms with Gasteiger partial charge in [0.2, 0.25) is 11.8 Å². The van der Waals surface area contributed by atoms with Crippen LogP contribution in [-0.2, 0) is 15.1 Å². The molecule has 0 aromatic carbocycles. The number of carbonyl (C=O) groups is 2. The van der Waals surface area contributed by atoms with Crippen LogP contribution in [0.3, 0.4) is 0 Å². The molecule has 8 nitrogen and oxygen atoms in total. The average molecular weight is 352 g/mol. The summed E-state index contributed by atoms with van der Waals surface area (Å²) in [5.74, 6) is 0.673. The Labute approximate surface area is 148 Å². The Morgan fingerprint density at radius 2 is 1.88 bits per heavy atom. The van der Waals surface area contributed by atoms with Crippen LogP contribution < -0.4 is 10.6 Å². The lowest BCUT2D eigenvalue weighted by atomic mass is 9.80. The highest BCUT2D eigenvalue weighted by Gasteiger charge is 2.40. The molecule has 0 unspecified atom stereocenters. The van der Waals surface area contributed by atoms with Crippen molar-refractivity contribution < 1.29 is 18.8 Å². The number of amides is 2. The Hall–Kier alpha value is -2.12. The Balaban J connectivity index is 2.05. The van der Waals surface area contributed by atoms with E-state index in [9.17, 15) is 9.59 Å². The zero-order valence-corrected chi connectivity index (χ0v) is 15.6. The minimum atomic E-state index is -0.735. The van der Waals surface area contributed by atoms with Crippen molar-refractivity contribution in [3.63, 3.8) is 0 Å². The molecule has 25 heavy (non-hydrogen) atoms. The van der Waals surface area contributed by atoms with Gasteiger partial charge in [0.25, 0.3) is 0 Å². The maximum Gasteiger partial charge on any atom is 0.408 e. The SMILES string of the molecule is Cc1nc(C2(NC(=O)[C@H](C)NC(=O)OC(C)(C)C)CCCCC2)no1. The van der Waals surface area contributed by atoms with Gasteiger partial charge in [0.05, 0.1) is 0 Å². The van der Waals surface area contributed by atoms with Gasteiger partial charge >= 0.3 is 6.09 Å². The van der Waals surface area contributed by atoms with Crippen LogP contribution in [0.5, 0.6) is 0 Å². The topological polar surface area (TPSA) is 106 Å². The third-order valence-electron chi connectivity index (χ3n) is 4.15. The first kappa shape index (κ1) is 19.2. The molecule has 1 fully saturated rings.